The highest BCUT2D eigenvalue weighted by Crippen LogP contribution is 2.27. The summed E-state index contributed by atoms with van der Waals surface area (Å²) in [4.78, 5) is 33.5. The monoisotopic (exact) mass is 388 g/mol. The largest absolute Gasteiger partial charge is 0.515 e. The third-order valence-corrected chi connectivity index (χ3v) is 4.90. The lowest BCUT2D eigenvalue weighted by Gasteiger charge is -2.05. The highest BCUT2D eigenvalue weighted by atomic mass is 16.5. The van der Waals surface area contributed by atoms with Crippen LogP contribution >= 0.6 is 0 Å². The summed E-state index contributed by atoms with van der Waals surface area (Å²) in [6.07, 6.45) is 1.68. The summed E-state index contributed by atoms with van der Waals surface area (Å²) in [5.41, 5.74) is 1.32. The molecule has 2 aliphatic heterocycles. The number of ether oxygens (including phenoxy) is 1. The summed E-state index contributed by atoms with van der Waals surface area (Å²) >= 11 is 0. The van der Waals surface area contributed by atoms with Crippen LogP contribution in [0.4, 0.5) is 0 Å². The number of benzene rings is 2. The number of hydrogen-bond donors (Lipinski definition) is 2. The van der Waals surface area contributed by atoms with Crippen LogP contribution in [-0.4, -0.2) is 27.3 Å². The summed E-state index contributed by atoms with van der Waals surface area (Å²) < 4.78 is 5.33. The van der Waals surface area contributed by atoms with Crippen LogP contribution in [-0.2, 0) is 0 Å². The number of methoxy groups -OCH3 is 1. The lowest BCUT2D eigenvalue weighted by atomic mass is 10.1. The fourth-order valence-corrected chi connectivity index (χ4v) is 3.42. The second-order valence-corrected chi connectivity index (χ2v) is 6.57. The molecule has 7 heteroatoms. The van der Waals surface area contributed by atoms with E-state index in [0.717, 1.165) is 18.1 Å². The molecular formula is C22H16N2O5. The van der Waals surface area contributed by atoms with Gasteiger partial charge in [-0.2, -0.15) is 0 Å². The Labute approximate surface area is 163 Å². The molecule has 0 aliphatic carbocycles. The first kappa shape index (κ1) is 18.4. The van der Waals surface area contributed by atoms with Gasteiger partial charge in [0.2, 0.25) is 0 Å². The molecule has 0 atom stereocenters. The van der Waals surface area contributed by atoms with Gasteiger partial charge in [0.05, 0.1) is 41.5 Å². The van der Waals surface area contributed by atoms with Gasteiger partial charge >= 0.3 is 0 Å². The van der Waals surface area contributed by atoms with Crippen molar-refractivity contribution in [3.8, 4) is 28.3 Å². The second kappa shape index (κ2) is 6.87. The molecule has 0 spiro atoms. The van der Waals surface area contributed by atoms with E-state index in [-0.39, 0.29) is 21.8 Å². The summed E-state index contributed by atoms with van der Waals surface area (Å²) in [5.74, 6) is 0.622. The number of aromatic nitrogens is 2. The van der Waals surface area contributed by atoms with E-state index in [1.54, 1.807) is 31.4 Å². The van der Waals surface area contributed by atoms with Gasteiger partial charge in [-0.25, -0.2) is 9.97 Å². The van der Waals surface area contributed by atoms with Crippen molar-refractivity contribution in [1.29, 1.82) is 0 Å². The van der Waals surface area contributed by atoms with E-state index in [0.29, 0.717) is 27.3 Å². The quantitative estimate of drug-likeness (QED) is 0.540. The van der Waals surface area contributed by atoms with Crippen LogP contribution < -0.4 is 26.3 Å². The fourth-order valence-electron chi connectivity index (χ4n) is 3.42. The first-order chi connectivity index (χ1) is 14.0. The van der Waals surface area contributed by atoms with Crippen molar-refractivity contribution >= 4 is 12.5 Å². The Bertz CT molecular complexity index is 1510. The van der Waals surface area contributed by atoms with Crippen molar-refractivity contribution in [2.75, 3.05) is 7.11 Å². The zero-order chi connectivity index (χ0) is 20.7. The average molecular weight is 388 g/mol. The molecule has 0 amide bonds. The van der Waals surface area contributed by atoms with E-state index in [4.69, 9.17) is 4.74 Å². The van der Waals surface area contributed by atoms with Crippen molar-refractivity contribution in [1.82, 2.24) is 9.97 Å². The molecule has 0 saturated carbocycles. The van der Waals surface area contributed by atoms with Gasteiger partial charge in [0.1, 0.15) is 5.75 Å². The smallest absolute Gasteiger partial charge is 0.280 e. The zero-order valence-electron chi connectivity index (χ0n) is 15.6. The van der Waals surface area contributed by atoms with Crippen molar-refractivity contribution in [3.05, 3.63) is 83.5 Å². The summed E-state index contributed by atoms with van der Waals surface area (Å²) in [6, 6.07) is 10.0. The van der Waals surface area contributed by atoms with Crippen LogP contribution in [0.2, 0.25) is 0 Å². The molecule has 7 nitrogen and oxygen atoms in total. The lowest BCUT2D eigenvalue weighted by molar-refractivity contribution is 0.412. The van der Waals surface area contributed by atoms with Gasteiger partial charge in [-0.15, -0.1) is 0 Å². The van der Waals surface area contributed by atoms with Crippen LogP contribution in [0.15, 0.2) is 46.0 Å². The summed E-state index contributed by atoms with van der Waals surface area (Å²) in [5, 5.41) is 19.6. The predicted octanol–water partition coefficient (Wildman–Crippen LogP) is 1.04. The highest BCUT2D eigenvalue weighted by Gasteiger charge is 2.20. The lowest BCUT2D eigenvalue weighted by Crippen LogP contribution is -2.24. The molecule has 144 valence electrons. The van der Waals surface area contributed by atoms with E-state index < -0.39 is 11.1 Å². The van der Waals surface area contributed by atoms with Gasteiger partial charge in [-0.1, -0.05) is 24.3 Å². The van der Waals surface area contributed by atoms with Crippen molar-refractivity contribution in [2.24, 2.45) is 0 Å². The van der Waals surface area contributed by atoms with Gasteiger partial charge in [0.25, 0.3) is 11.1 Å². The SMILES string of the molecule is COc1cc(-c2nc(=O)c3c(-c4ccc(=CO)c(=CO)c4)nc(=O)c2=3)ccc1C. The highest BCUT2D eigenvalue weighted by molar-refractivity contribution is 5.68. The molecule has 2 N–H and O–H groups in total. The Morgan fingerprint density at radius 2 is 1.38 bits per heavy atom. The molecule has 0 saturated heterocycles. The van der Waals surface area contributed by atoms with Crippen LogP contribution in [0.3, 0.4) is 0 Å². The maximum absolute atomic E-state index is 12.7. The number of nitrogens with zero attached hydrogens (tertiary/aromatic N) is 2. The molecular weight excluding hydrogens is 372 g/mol. The molecule has 0 unspecified atom stereocenters. The summed E-state index contributed by atoms with van der Waals surface area (Å²) in [6.45, 7) is 1.89. The minimum Gasteiger partial charge on any atom is -0.515 e. The molecule has 0 aromatic heterocycles. The van der Waals surface area contributed by atoms with Gasteiger partial charge in [-0.05, 0) is 24.6 Å². The number of rotatable bonds is 3. The Hall–Kier alpha value is -4.00. The number of hydrogen-bond acceptors (Lipinski definition) is 7. The van der Waals surface area contributed by atoms with Crippen LogP contribution in [0.25, 0.3) is 35.0 Å². The minimum atomic E-state index is -0.550. The second-order valence-electron chi connectivity index (χ2n) is 6.57. The van der Waals surface area contributed by atoms with E-state index in [2.05, 4.69) is 9.97 Å². The van der Waals surface area contributed by atoms with Crippen molar-refractivity contribution in [2.45, 2.75) is 6.92 Å². The third kappa shape index (κ3) is 2.84. The molecule has 2 aliphatic rings. The number of aryl methyl sites for hydroxylation is 1. The molecule has 2 aromatic rings. The summed E-state index contributed by atoms with van der Waals surface area (Å²) in [7, 11) is 1.55. The first-order valence-electron chi connectivity index (χ1n) is 8.73. The standard InChI is InChI=1S/C22H16N2O5/c1-11-3-4-13(8-16(11)29-2)20-18-17(21(27)24-20)19(23-22(18)28)12-5-6-14(9-25)15(7-12)10-26/h3-10,25-26H,1-2H3. The molecule has 2 aromatic carbocycles. The molecule has 0 radical (unpaired) electrons. The maximum Gasteiger partial charge on any atom is 0.280 e. The fraction of sp³-hybridized carbons (Fsp3) is 0.0909. The first-order valence-corrected chi connectivity index (χ1v) is 8.73. The van der Waals surface area contributed by atoms with Crippen molar-refractivity contribution < 1.29 is 14.9 Å². The van der Waals surface area contributed by atoms with Gasteiger partial charge < -0.3 is 14.9 Å². The van der Waals surface area contributed by atoms with Crippen molar-refractivity contribution in [3.63, 3.8) is 0 Å². The molecule has 0 fully saturated rings. The molecule has 29 heavy (non-hydrogen) atoms. The van der Waals surface area contributed by atoms with Crippen LogP contribution in [0.5, 0.6) is 5.75 Å². The Morgan fingerprint density at radius 3 is 1.93 bits per heavy atom. The number of aliphatic hydroxyl groups is 2. The Kier molecular flexibility index (Phi) is 4.35. The Morgan fingerprint density at radius 1 is 0.828 bits per heavy atom. The molecule has 2 heterocycles. The Balaban J connectivity index is 2.04. The van der Waals surface area contributed by atoms with Gasteiger partial charge in [0, 0.05) is 21.6 Å². The van der Waals surface area contributed by atoms with E-state index >= 15 is 0 Å². The topological polar surface area (TPSA) is 110 Å². The van der Waals surface area contributed by atoms with E-state index in [1.165, 1.54) is 6.07 Å². The van der Waals surface area contributed by atoms with E-state index in [1.807, 2.05) is 13.0 Å². The maximum atomic E-state index is 12.7. The van der Waals surface area contributed by atoms with Gasteiger partial charge in [0.15, 0.2) is 0 Å². The average Bonchev–Trinajstić information content (AvgIpc) is 3.26. The van der Waals surface area contributed by atoms with Gasteiger partial charge in [-0.3, -0.25) is 9.59 Å². The zero-order valence-corrected chi connectivity index (χ0v) is 15.6. The minimum absolute atomic E-state index is 0.133. The van der Waals surface area contributed by atoms with Crippen LogP contribution in [0, 0.1) is 17.4 Å². The van der Waals surface area contributed by atoms with Crippen LogP contribution in [0.1, 0.15) is 5.56 Å². The molecule has 4 rings (SSSR count). The predicted molar refractivity (Wildman–Crippen MR) is 108 cm³/mol. The number of aliphatic hydroxyl groups excluding tert-OH is 2. The normalized spacial score (nSPS) is 12.8. The third-order valence-electron chi connectivity index (χ3n) is 4.90. The van der Waals surface area contributed by atoms with E-state index in [9.17, 15) is 19.8 Å². The molecule has 0 bridgehead atoms.